The van der Waals surface area contributed by atoms with Crippen molar-refractivity contribution in [2.75, 3.05) is 13.1 Å². The van der Waals surface area contributed by atoms with Gasteiger partial charge in [-0.3, -0.25) is 14.6 Å². The average molecular weight is 433 g/mol. The highest BCUT2D eigenvalue weighted by Crippen LogP contribution is 2.60. The standard InChI is InChI=1S/C28H36N2O2/c1-2-3-7-10-30(19-28-15-20-11-21(16-28)13-22(12-20)17-28)27(32)24-18-29-25(14-26(24)31)23-8-5-4-6-9-23/h4-6,8-9,18,20-22H,2-3,7,10-17,19H2,1H3. The highest BCUT2D eigenvalue weighted by molar-refractivity contribution is 6.27. The van der Waals surface area contributed by atoms with E-state index in [1.54, 1.807) is 6.20 Å². The maximum atomic E-state index is 13.6. The van der Waals surface area contributed by atoms with Crippen molar-refractivity contribution in [3.8, 4) is 0 Å². The molecule has 0 aromatic heterocycles. The van der Waals surface area contributed by atoms with Crippen LogP contribution in [0.3, 0.4) is 0 Å². The molecule has 4 fully saturated rings. The lowest BCUT2D eigenvalue weighted by molar-refractivity contribution is -0.135. The molecule has 4 nitrogen and oxygen atoms in total. The monoisotopic (exact) mass is 432 g/mol. The number of ketones is 1. The molecule has 0 spiro atoms. The number of benzene rings is 1. The Morgan fingerprint density at radius 2 is 1.69 bits per heavy atom. The second kappa shape index (κ2) is 8.96. The summed E-state index contributed by atoms with van der Waals surface area (Å²) in [4.78, 5) is 33.2. The molecule has 0 N–H and O–H groups in total. The molecule has 1 aliphatic heterocycles. The lowest BCUT2D eigenvalue weighted by atomic mass is 9.49. The molecule has 1 aromatic rings. The Bertz CT molecular complexity index is 895. The van der Waals surface area contributed by atoms with E-state index in [0.29, 0.717) is 0 Å². The number of nitrogens with zero attached hydrogens (tertiary/aromatic N) is 2. The number of aliphatic imine (C=N–C) groups is 1. The predicted octanol–water partition coefficient (Wildman–Crippen LogP) is 5.57. The fraction of sp³-hybridized carbons (Fsp3) is 0.607. The van der Waals surface area contributed by atoms with Gasteiger partial charge in [-0.2, -0.15) is 0 Å². The first kappa shape index (κ1) is 21.6. The van der Waals surface area contributed by atoms with Gasteiger partial charge in [0.05, 0.1) is 12.1 Å². The Kier molecular flexibility index (Phi) is 6.05. The van der Waals surface area contributed by atoms with Gasteiger partial charge in [0.15, 0.2) is 5.78 Å². The molecule has 4 heteroatoms. The lowest BCUT2D eigenvalue weighted by Gasteiger charge is -2.58. The largest absolute Gasteiger partial charge is 0.338 e. The molecule has 1 amide bonds. The van der Waals surface area contributed by atoms with E-state index < -0.39 is 0 Å². The summed E-state index contributed by atoms with van der Waals surface area (Å²) in [5, 5.41) is 0. The molecular formula is C28H36N2O2. The van der Waals surface area contributed by atoms with Crippen LogP contribution < -0.4 is 0 Å². The van der Waals surface area contributed by atoms with Crippen LogP contribution in [0.15, 0.2) is 47.1 Å². The minimum atomic E-state index is -0.0881. The van der Waals surface area contributed by atoms with E-state index >= 15 is 0 Å². The first-order chi connectivity index (χ1) is 15.5. The molecule has 0 atom stereocenters. The molecule has 0 radical (unpaired) electrons. The molecule has 32 heavy (non-hydrogen) atoms. The summed E-state index contributed by atoms with van der Waals surface area (Å²) in [5.74, 6) is 2.42. The summed E-state index contributed by atoms with van der Waals surface area (Å²) in [6.07, 6.45) is 13.1. The van der Waals surface area contributed by atoms with Crippen molar-refractivity contribution in [1.29, 1.82) is 0 Å². The zero-order valence-corrected chi connectivity index (χ0v) is 19.4. The van der Waals surface area contributed by atoms with Gasteiger partial charge in [-0.25, -0.2) is 0 Å². The van der Waals surface area contributed by atoms with Crippen LogP contribution in [0.25, 0.3) is 0 Å². The topological polar surface area (TPSA) is 49.7 Å². The fourth-order valence-electron chi connectivity index (χ4n) is 7.35. The Balaban J connectivity index is 1.36. The van der Waals surface area contributed by atoms with E-state index in [2.05, 4.69) is 11.9 Å². The summed E-state index contributed by atoms with van der Waals surface area (Å²) in [6.45, 7) is 3.78. The molecule has 5 aliphatic rings. The zero-order chi connectivity index (χ0) is 22.1. The third-order valence-electron chi connectivity index (χ3n) is 8.33. The van der Waals surface area contributed by atoms with Gasteiger partial charge in [-0.1, -0.05) is 50.1 Å². The van der Waals surface area contributed by atoms with Crippen molar-refractivity contribution in [3.63, 3.8) is 0 Å². The van der Waals surface area contributed by atoms with E-state index in [1.807, 2.05) is 35.2 Å². The number of Topliss-reactive ketones (excluding diaryl/α,β-unsaturated/α-hetero) is 1. The first-order valence-electron chi connectivity index (χ1n) is 12.7. The number of hydrogen-bond donors (Lipinski definition) is 0. The van der Waals surface area contributed by atoms with Crippen molar-refractivity contribution < 1.29 is 9.59 Å². The molecular weight excluding hydrogens is 396 g/mol. The van der Waals surface area contributed by atoms with Crippen LogP contribution in [0, 0.1) is 23.2 Å². The number of carbonyl (C=O) groups excluding carboxylic acids is 2. The maximum absolute atomic E-state index is 13.6. The van der Waals surface area contributed by atoms with Crippen LogP contribution in [0.5, 0.6) is 0 Å². The maximum Gasteiger partial charge on any atom is 0.259 e. The van der Waals surface area contributed by atoms with Crippen LogP contribution in [0.1, 0.15) is 76.7 Å². The SMILES string of the molecule is CCCCCN(CC12CC3CC(CC(C3)C1)C2)C(=O)C1=CN=C(c2ccccc2)CC1=O. The van der Waals surface area contributed by atoms with Crippen molar-refractivity contribution >= 4 is 17.4 Å². The van der Waals surface area contributed by atoms with Crippen molar-refractivity contribution in [1.82, 2.24) is 4.90 Å². The fourth-order valence-corrected chi connectivity index (χ4v) is 7.35. The lowest BCUT2D eigenvalue weighted by Crippen LogP contribution is -2.52. The Hall–Kier alpha value is -2.23. The number of carbonyl (C=O) groups is 2. The van der Waals surface area contributed by atoms with E-state index in [9.17, 15) is 9.59 Å². The summed E-state index contributed by atoms with van der Waals surface area (Å²) in [7, 11) is 0. The Morgan fingerprint density at radius 3 is 2.28 bits per heavy atom. The highest BCUT2D eigenvalue weighted by Gasteiger charge is 2.51. The van der Waals surface area contributed by atoms with Gasteiger partial charge >= 0.3 is 0 Å². The van der Waals surface area contributed by atoms with E-state index in [0.717, 1.165) is 61.4 Å². The van der Waals surface area contributed by atoms with Crippen molar-refractivity contribution in [2.45, 2.75) is 71.1 Å². The van der Waals surface area contributed by atoms with Gasteiger partial charge in [0.2, 0.25) is 0 Å². The predicted molar refractivity (Wildman–Crippen MR) is 127 cm³/mol. The van der Waals surface area contributed by atoms with E-state index in [-0.39, 0.29) is 29.1 Å². The van der Waals surface area contributed by atoms with Crippen LogP contribution >= 0.6 is 0 Å². The number of hydrogen-bond acceptors (Lipinski definition) is 3. The van der Waals surface area contributed by atoms with Gasteiger partial charge in [0, 0.05) is 19.3 Å². The second-order valence-electron chi connectivity index (χ2n) is 10.9. The van der Waals surface area contributed by atoms with Crippen LogP contribution in [0.2, 0.25) is 0 Å². The smallest absolute Gasteiger partial charge is 0.259 e. The summed E-state index contributed by atoms with van der Waals surface area (Å²) in [5.41, 5.74) is 2.28. The summed E-state index contributed by atoms with van der Waals surface area (Å²) < 4.78 is 0. The third kappa shape index (κ3) is 4.33. The molecule has 0 unspecified atom stereocenters. The van der Waals surface area contributed by atoms with E-state index in [1.165, 1.54) is 38.5 Å². The first-order valence-corrected chi connectivity index (χ1v) is 12.7. The molecule has 4 aliphatic carbocycles. The molecule has 6 rings (SSSR count). The molecule has 4 bridgehead atoms. The Labute approximate surface area is 192 Å². The van der Waals surface area contributed by atoms with Crippen molar-refractivity contribution in [2.24, 2.45) is 28.2 Å². The third-order valence-corrected chi connectivity index (χ3v) is 8.33. The second-order valence-corrected chi connectivity index (χ2v) is 10.9. The molecule has 1 aromatic carbocycles. The molecule has 4 saturated carbocycles. The average Bonchev–Trinajstić information content (AvgIpc) is 2.77. The van der Waals surface area contributed by atoms with Crippen molar-refractivity contribution in [3.05, 3.63) is 47.7 Å². The minimum Gasteiger partial charge on any atom is -0.338 e. The van der Waals surface area contributed by atoms with Crippen LogP contribution in [-0.4, -0.2) is 35.4 Å². The van der Waals surface area contributed by atoms with E-state index in [4.69, 9.17) is 0 Å². The number of amides is 1. The highest BCUT2D eigenvalue weighted by atomic mass is 16.2. The zero-order valence-electron chi connectivity index (χ0n) is 19.4. The number of unbranched alkanes of at least 4 members (excludes halogenated alkanes) is 2. The normalized spacial score (nSPS) is 30.8. The van der Waals surface area contributed by atoms with Gasteiger partial charge in [-0.05, 0) is 73.7 Å². The van der Waals surface area contributed by atoms with Crippen LogP contribution in [-0.2, 0) is 9.59 Å². The van der Waals surface area contributed by atoms with Crippen LogP contribution in [0.4, 0.5) is 0 Å². The number of rotatable bonds is 8. The van der Waals surface area contributed by atoms with Gasteiger partial charge < -0.3 is 4.90 Å². The van der Waals surface area contributed by atoms with Gasteiger partial charge in [0.1, 0.15) is 5.57 Å². The van der Waals surface area contributed by atoms with Gasteiger partial charge in [-0.15, -0.1) is 0 Å². The Morgan fingerprint density at radius 1 is 1.03 bits per heavy atom. The molecule has 1 heterocycles. The minimum absolute atomic E-state index is 0.0855. The van der Waals surface area contributed by atoms with Gasteiger partial charge in [0.25, 0.3) is 5.91 Å². The summed E-state index contributed by atoms with van der Waals surface area (Å²) in [6, 6.07) is 9.80. The summed E-state index contributed by atoms with van der Waals surface area (Å²) >= 11 is 0. The molecule has 0 saturated heterocycles. The molecule has 170 valence electrons. The quantitative estimate of drug-likeness (QED) is 0.398.